The van der Waals surface area contributed by atoms with E-state index in [4.69, 9.17) is 5.73 Å². The monoisotopic (exact) mass is 226 g/mol. The maximum absolute atomic E-state index is 11.5. The van der Waals surface area contributed by atoms with Gasteiger partial charge in [0, 0.05) is 19.3 Å². The van der Waals surface area contributed by atoms with E-state index in [1.165, 1.54) is 4.68 Å². The molecule has 0 aliphatic rings. The summed E-state index contributed by atoms with van der Waals surface area (Å²) in [4.78, 5) is 22.6. The van der Waals surface area contributed by atoms with Gasteiger partial charge in [0.05, 0.1) is 6.61 Å². The molecule has 7 nitrogen and oxygen atoms in total. The van der Waals surface area contributed by atoms with E-state index in [1.807, 2.05) is 0 Å². The van der Waals surface area contributed by atoms with Crippen LogP contribution in [0.15, 0.2) is 12.3 Å². The maximum atomic E-state index is 11.5. The van der Waals surface area contributed by atoms with Crippen LogP contribution in [0, 0.1) is 0 Å². The minimum absolute atomic E-state index is 0.184. The van der Waals surface area contributed by atoms with Gasteiger partial charge >= 0.3 is 5.97 Å². The molecule has 1 rings (SSSR count). The van der Waals surface area contributed by atoms with Crippen molar-refractivity contribution < 1.29 is 14.3 Å². The third-order valence-corrected chi connectivity index (χ3v) is 1.79. The molecule has 0 aromatic carbocycles. The first-order valence-electron chi connectivity index (χ1n) is 4.77. The van der Waals surface area contributed by atoms with E-state index in [0.717, 1.165) is 0 Å². The molecular weight excluding hydrogens is 212 g/mol. The van der Waals surface area contributed by atoms with Gasteiger partial charge in [-0.3, -0.25) is 9.48 Å². The Morgan fingerprint density at radius 2 is 2.38 bits per heavy atom. The van der Waals surface area contributed by atoms with Crippen molar-refractivity contribution in [2.24, 2.45) is 12.8 Å². The van der Waals surface area contributed by atoms with Gasteiger partial charge in [-0.2, -0.15) is 5.10 Å². The number of aromatic nitrogens is 2. The van der Waals surface area contributed by atoms with Crippen LogP contribution in [-0.4, -0.2) is 34.3 Å². The Bertz CT molecular complexity index is 388. The standard InChI is InChI=1S/C9H14N4O3/c1-3-16-9(15)7(10)8(14)11-6-4-5-13(2)12-6/h4-5,7H,3,10H2,1-2H3,(H,11,12,14). The van der Waals surface area contributed by atoms with E-state index in [0.29, 0.717) is 5.82 Å². The molecule has 0 bridgehead atoms. The summed E-state index contributed by atoms with van der Waals surface area (Å²) < 4.78 is 6.14. The van der Waals surface area contributed by atoms with Gasteiger partial charge in [0.1, 0.15) is 0 Å². The molecule has 1 aromatic rings. The van der Waals surface area contributed by atoms with Gasteiger partial charge in [-0.25, -0.2) is 4.79 Å². The number of nitrogens with one attached hydrogen (secondary N) is 1. The maximum Gasteiger partial charge on any atom is 0.332 e. The summed E-state index contributed by atoms with van der Waals surface area (Å²) in [6.07, 6.45) is 1.66. The highest BCUT2D eigenvalue weighted by Crippen LogP contribution is 2.01. The van der Waals surface area contributed by atoms with E-state index in [9.17, 15) is 9.59 Å². The topological polar surface area (TPSA) is 99.2 Å². The highest BCUT2D eigenvalue weighted by molar-refractivity contribution is 6.07. The zero-order valence-electron chi connectivity index (χ0n) is 9.14. The van der Waals surface area contributed by atoms with Crippen molar-refractivity contribution >= 4 is 17.7 Å². The highest BCUT2D eigenvalue weighted by atomic mass is 16.5. The summed E-state index contributed by atoms with van der Waals surface area (Å²) in [5.41, 5.74) is 5.38. The number of hydrogen-bond donors (Lipinski definition) is 2. The van der Waals surface area contributed by atoms with E-state index in [-0.39, 0.29) is 6.61 Å². The second kappa shape index (κ2) is 5.26. The van der Waals surface area contributed by atoms with E-state index in [1.54, 1.807) is 26.2 Å². The number of nitrogens with zero attached hydrogens (tertiary/aromatic N) is 2. The van der Waals surface area contributed by atoms with Crippen LogP contribution in [0.25, 0.3) is 0 Å². The minimum Gasteiger partial charge on any atom is -0.464 e. The predicted octanol–water partition coefficient (Wildman–Crippen LogP) is -0.751. The molecule has 0 fully saturated rings. The molecule has 16 heavy (non-hydrogen) atoms. The van der Waals surface area contributed by atoms with E-state index in [2.05, 4.69) is 15.2 Å². The lowest BCUT2D eigenvalue weighted by molar-refractivity contribution is -0.146. The number of amides is 1. The number of carbonyl (C=O) groups is 2. The van der Waals surface area contributed by atoms with Crippen LogP contribution in [0.4, 0.5) is 5.82 Å². The van der Waals surface area contributed by atoms with Crippen molar-refractivity contribution in [1.82, 2.24) is 9.78 Å². The van der Waals surface area contributed by atoms with Gasteiger partial charge in [-0.1, -0.05) is 0 Å². The summed E-state index contributed by atoms with van der Waals surface area (Å²) in [7, 11) is 1.71. The van der Waals surface area contributed by atoms with Gasteiger partial charge in [0.15, 0.2) is 11.9 Å². The first-order valence-corrected chi connectivity index (χ1v) is 4.77. The van der Waals surface area contributed by atoms with E-state index >= 15 is 0 Å². The van der Waals surface area contributed by atoms with Crippen LogP contribution >= 0.6 is 0 Å². The zero-order chi connectivity index (χ0) is 12.1. The van der Waals surface area contributed by atoms with Crippen molar-refractivity contribution in [3.63, 3.8) is 0 Å². The molecule has 1 unspecified atom stereocenters. The van der Waals surface area contributed by atoms with Gasteiger partial charge < -0.3 is 15.8 Å². The molecule has 0 saturated heterocycles. The summed E-state index contributed by atoms with van der Waals surface area (Å²) in [6.45, 7) is 1.82. The largest absolute Gasteiger partial charge is 0.464 e. The van der Waals surface area contributed by atoms with Crippen LogP contribution in [0.5, 0.6) is 0 Å². The SMILES string of the molecule is CCOC(=O)C(N)C(=O)Nc1ccn(C)n1. The quantitative estimate of drug-likeness (QED) is 0.519. The fourth-order valence-electron chi connectivity index (χ4n) is 1.02. The molecular formula is C9H14N4O3. The van der Waals surface area contributed by atoms with Gasteiger partial charge in [0.2, 0.25) is 0 Å². The third-order valence-electron chi connectivity index (χ3n) is 1.79. The van der Waals surface area contributed by atoms with Crippen LogP contribution in [0.1, 0.15) is 6.92 Å². The molecule has 0 spiro atoms. The Hall–Kier alpha value is -1.89. The molecule has 1 heterocycles. The molecule has 1 amide bonds. The van der Waals surface area contributed by atoms with Gasteiger partial charge in [0.25, 0.3) is 5.91 Å². The lowest BCUT2D eigenvalue weighted by atomic mass is 10.3. The van der Waals surface area contributed by atoms with Gasteiger partial charge in [-0.05, 0) is 6.92 Å². The van der Waals surface area contributed by atoms with Crippen LogP contribution in [0.3, 0.4) is 0 Å². The fourth-order valence-corrected chi connectivity index (χ4v) is 1.02. The van der Waals surface area contributed by atoms with Crippen LogP contribution in [-0.2, 0) is 21.4 Å². The van der Waals surface area contributed by atoms with Crippen LogP contribution < -0.4 is 11.1 Å². The number of carbonyl (C=O) groups excluding carboxylic acids is 2. The molecule has 1 atom stereocenters. The average molecular weight is 226 g/mol. The molecule has 0 saturated carbocycles. The van der Waals surface area contributed by atoms with Crippen molar-refractivity contribution in [3.8, 4) is 0 Å². The second-order valence-electron chi connectivity index (χ2n) is 3.09. The molecule has 7 heteroatoms. The minimum atomic E-state index is -1.33. The lowest BCUT2D eigenvalue weighted by Crippen LogP contribution is -2.43. The Labute approximate surface area is 92.6 Å². The fraction of sp³-hybridized carbons (Fsp3) is 0.444. The highest BCUT2D eigenvalue weighted by Gasteiger charge is 2.23. The summed E-state index contributed by atoms with van der Waals surface area (Å²) in [5, 5.41) is 6.32. The third kappa shape index (κ3) is 3.06. The molecule has 0 aliphatic heterocycles. The first kappa shape index (κ1) is 12.2. The number of esters is 1. The summed E-state index contributed by atoms with van der Waals surface area (Å²) >= 11 is 0. The molecule has 88 valence electrons. The average Bonchev–Trinajstić information content (AvgIpc) is 2.63. The second-order valence-corrected chi connectivity index (χ2v) is 3.09. The van der Waals surface area contributed by atoms with Gasteiger partial charge in [-0.15, -0.1) is 0 Å². The number of ether oxygens (including phenoxy) is 1. The van der Waals surface area contributed by atoms with Crippen LogP contribution in [0.2, 0.25) is 0 Å². The van der Waals surface area contributed by atoms with Crippen molar-refractivity contribution in [1.29, 1.82) is 0 Å². The molecule has 0 radical (unpaired) electrons. The number of anilines is 1. The Balaban J connectivity index is 2.55. The zero-order valence-corrected chi connectivity index (χ0v) is 9.14. The molecule has 1 aromatic heterocycles. The number of aryl methyl sites for hydroxylation is 1. The summed E-state index contributed by atoms with van der Waals surface area (Å²) in [6, 6.07) is 0.262. The summed E-state index contributed by atoms with van der Waals surface area (Å²) in [5.74, 6) is -1.06. The number of rotatable bonds is 4. The van der Waals surface area contributed by atoms with Crippen molar-refractivity contribution in [2.45, 2.75) is 13.0 Å². The Morgan fingerprint density at radius 1 is 1.69 bits per heavy atom. The Kier molecular flexibility index (Phi) is 4.01. The normalized spacial score (nSPS) is 11.9. The number of hydrogen-bond acceptors (Lipinski definition) is 5. The molecule has 3 N–H and O–H groups in total. The first-order chi connectivity index (χ1) is 7.54. The Morgan fingerprint density at radius 3 is 2.88 bits per heavy atom. The molecule has 0 aliphatic carbocycles. The number of nitrogens with two attached hydrogens (primary N) is 1. The predicted molar refractivity (Wildman–Crippen MR) is 56.4 cm³/mol. The lowest BCUT2D eigenvalue weighted by Gasteiger charge is -2.09. The van der Waals surface area contributed by atoms with Crippen molar-refractivity contribution in [2.75, 3.05) is 11.9 Å². The van der Waals surface area contributed by atoms with E-state index < -0.39 is 17.9 Å². The smallest absolute Gasteiger partial charge is 0.332 e. The van der Waals surface area contributed by atoms with Crippen molar-refractivity contribution in [3.05, 3.63) is 12.3 Å².